The number of nitrogens with zero attached hydrogens (tertiary/aromatic N) is 4. The van der Waals surface area contributed by atoms with E-state index in [9.17, 15) is 4.79 Å². The highest BCUT2D eigenvalue weighted by atomic mass is 16.5. The van der Waals surface area contributed by atoms with Crippen molar-refractivity contribution >= 4 is 5.91 Å². The quantitative estimate of drug-likeness (QED) is 0.845. The molecular formula is C20H29N5O2. The number of methoxy groups -OCH3 is 1. The summed E-state index contributed by atoms with van der Waals surface area (Å²) in [5.41, 5.74) is 1.79. The zero-order valence-corrected chi connectivity index (χ0v) is 16.7. The largest absolute Gasteiger partial charge is 0.497 e. The van der Waals surface area contributed by atoms with E-state index in [1.165, 1.54) is 19.3 Å². The minimum atomic E-state index is -0.188. The summed E-state index contributed by atoms with van der Waals surface area (Å²) in [7, 11) is 1.62. The van der Waals surface area contributed by atoms with E-state index in [1.807, 2.05) is 31.2 Å². The Morgan fingerprint density at radius 1 is 1.26 bits per heavy atom. The Morgan fingerprint density at radius 2 is 2.00 bits per heavy atom. The van der Waals surface area contributed by atoms with Gasteiger partial charge in [0, 0.05) is 18.2 Å². The van der Waals surface area contributed by atoms with Gasteiger partial charge >= 0.3 is 0 Å². The van der Waals surface area contributed by atoms with Crippen LogP contribution in [-0.4, -0.2) is 58.1 Å². The maximum absolute atomic E-state index is 12.7. The summed E-state index contributed by atoms with van der Waals surface area (Å²) in [5.74, 6) is 0.545. The van der Waals surface area contributed by atoms with E-state index in [2.05, 4.69) is 34.4 Å². The van der Waals surface area contributed by atoms with Crippen molar-refractivity contribution in [3.8, 4) is 11.4 Å². The van der Waals surface area contributed by atoms with Crippen molar-refractivity contribution in [2.75, 3.05) is 26.7 Å². The van der Waals surface area contributed by atoms with Crippen LogP contribution in [0.15, 0.2) is 24.3 Å². The Hall–Kier alpha value is -2.41. The summed E-state index contributed by atoms with van der Waals surface area (Å²) in [5, 5.41) is 11.3. The summed E-state index contributed by atoms with van der Waals surface area (Å²) in [4.78, 5) is 15.1. The molecule has 0 atom stereocenters. The van der Waals surface area contributed by atoms with Gasteiger partial charge in [0.1, 0.15) is 5.75 Å². The molecule has 1 amide bonds. The second-order valence-corrected chi connectivity index (χ2v) is 7.68. The van der Waals surface area contributed by atoms with Crippen LogP contribution in [0.2, 0.25) is 0 Å². The second kappa shape index (κ2) is 8.08. The summed E-state index contributed by atoms with van der Waals surface area (Å²) in [6.07, 6.45) is 3.75. The van der Waals surface area contributed by atoms with Crippen molar-refractivity contribution in [2.45, 2.75) is 45.6 Å². The van der Waals surface area contributed by atoms with E-state index in [4.69, 9.17) is 4.74 Å². The molecule has 7 heteroatoms. The Balaban J connectivity index is 1.69. The molecule has 1 aliphatic rings. The molecule has 2 heterocycles. The third-order valence-electron chi connectivity index (χ3n) is 5.30. The van der Waals surface area contributed by atoms with Crippen LogP contribution in [0.5, 0.6) is 5.75 Å². The number of benzene rings is 1. The van der Waals surface area contributed by atoms with Crippen molar-refractivity contribution < 1.29 is 9.53 Å². The van der Waals surface area contributed by atoms with Gasteiger partial charge in [0.25, 0.3) is 5.91 Å². The van der Waals surface area contributed by atoms with Crippen LogP contribution in [0.3, 0.4) is 0 Å². The highest BCUT2D eigenvalue weighted by Gasteiger charge is 2.29. The van der Waals surface area contributed by atoms with Gasteiger partial charge in [-0.05, 0) is 58.8 Å². The summed E-state index contributed by atoms with van der Waals surface area (Å²) in [6, 6.07) is 7.52. The normalized spacial score (nSPS) is 15.6. The zero-order chi connectivity index (χ0) is 19.4. The van der Waals surface area contributed by atoms with Crippen molar-refractivity contribution in [3.63, 3.8) is 0 Å². The molecule has 2 aromatic rings. The fourth-order valence-corrected chi connectivity index (χ4v) is 3.52. The smallest absolute Gasteiger partial charge is 0.273 e. The average Bonchev–Trinajstić information content (AvgIpc) is 3.08. The number of ether oxygens (including phenoxy) is 1. The fourth-order valence-electron chi connectivity index (χ4n) is 3.52. The first-order chi connectivity index (χ1) is 12.9. The van der Waals surface area contributed by atoms with Crippen molar-refractivity contribution in [1.29, 1.82) is 0 Å². The average molecular weight is 371 g/mol. The number of nitrogens with one attached hydrogen (secondary N) is 1. The van der Waals surface area contributed by atoms with E-state index in [0.717, 1.165) is 24.5 Å². The molecule has 7 nitrogen and oxygen atoms in total. The third-order valence-corrected chi connectivity index (χ3v) is 5.30. The van der Waals surface area contributed by atoms with E-state index in [1.54, 1.807) is 11.8 Å². The van der Waals surface area contributed by atoms with Crippen LogP contribution < -0.4 is 10.1 Å². The predicted octanol–water partition coefficient (Wildman–Crippen LogP) is 2.58. The minimum Gasteiger partial charge on any atom is -0.497 e. The van der Waals surface area contributed by atoms with Crippen LogP contribution >= 0.6 is 0 Å². The van der Waals surface area contributed by atoms with Gasteiger partial charge in [0.05, 0.1) is 18.5 Å². The first-order valence-corrected chi connectivity index (χ1v) is 9.52. The van der Waals surface area contributed by atoms with Gasteiger partial charge in [0.15, 0.2) is 5.69 Å². The first-order valence-electron chi connectivity index (χ1n) is 9.52. The minimum absolute atomic E-state index is 0.0766. The van der Waals surface area contributed by atoms with E-state index >= 15 is 0 Å². The molecule has 1 aromatic heterocycles. The van der Waals surface area contributed by atoms with Crippen LogP contribution in [0.25, 0.3) is 5.69 Å². The highest BCUT2D eigenvalue weighted by molar-refractivity contribution is 5.93. The molecule has 1 aromatic carbocycles. The molecule has 3 rings (SSSR count). The number of carbonyl (C=O) groups is 1. The molecule has 1 saturated heterocycles. The van der Waals surface area contributed by atoms with Gasteiger partial charge in [-0.15, -0.1) is 5.10 Å². The number of carbonyl (C=O) groups excluding carboxylic acids is 1. The first kappa shape index (κ1) is 19.4. The molecule has 0 radical (unpaired) electrons. The summed E-state index contributed by atoms with van der Waals surface area (Å²) in [6.45, 7) is 8.97. The van der Waals surface area contributed by atoms with E-state index in [0.29, 0.717) is 17.9 Å². The van der Waals surface area contributed by atoms with Crippen LogP contribution in [-0.2, 0) is 0 Å². The monoisotopic (exact) mass is 371 g/mol. The second-order valence-electron chi connectivity index (χ2n) is 7.68. The highest BCUT2D eigenvalue weighted by Crippen LogP contribution is 2.21. The number of aromatic nitrogens is 3. The molecule has 0 saturated carbocycles. The van der Waals surface area contributed by atoms with Crippen molar-refractivity contribution in [2.24, 2.45) is 0 Å². The van der Waals surface area contributed by atoms with Gasteiger partial charge in [-0.2, -0.15) is 0 Å². The fraction of sp³-hybridized carbons (Fsp3) is 0.550. The zero-order valence-electron chi connectivity index (χ0n) is 16.7. The molecule has 0 bridgehead atoms. The Bertz CT molecular complexity index is 793. The number of amides is 1. The van der Waals surface area contributed by atoms with Gasteiger partial charge in [0.2, 0.25) is 0 Å². The Labute approximate surface area is 160 Å². The van der Waals surface area contributed by atoms with Crippen LogP contribution in [0.4, 0.5) is 0 Å². The maximum Gasteiger partial charge on any atom is 0.273 e. The van der Waals surface area contributed by atoms with Gasteiger partial charge in [-0.1, -0.05) is 17.7 Å². The standard InChI is InChI=1S/C20H29N5O2/c1-15-18(22-23-25(15)16-9-8-10-17(13-16)27-4)19(26)21-14-20(2,3)24-11-6-5-7-12-24/h8-10,13H,5-7,11-12,14H2,1-4H3,(H,21,26). The number of hydrogen-bond donors (Lipinski definition) is 1. The third kappa shape index (κ3) is 4.30. The molecule has 1 fully saturated rings. The predicted molar refractivity (Wildman–Crippen MR) is 104 cm³/mol. The maximum atomic E-state index is 12.7. The number of piperidine rings is 1. The lowest BCUT2D eigenvalue weighted by molar-refractivity contribution is 0.0794. The van der Waals surface area contributed by atoms with Crippen LogP contribution in [0.1, 0.15) is 49.3 Å². The lowest BCUT2D eigenvalue weighted by Gasteiger charge is -2.41. The van der Waals surface area contributed by atoms with E-state index in [-0.39, 0.29) is 11.4 Å². The number of likely N-dealkylation sites (tertiary alicyclic amines) is 1. The lowest BCUT2D eigenvalue weighted by atomic mass is 9.98. The van der Waals surface area contributed by atoms with Crippen molar-refractivity contribution in [3.05, 3.63) is 35.7 Å². The van der Waals surface area contributed by atoms with Gasteiger partial charge in [-0.3, -0.25) is 9.69 Å². The molecular weight excluding hydrogens is 342 g/mol. The number of rotatable bonds is 6. The summed E-state index contributed by atoms with van der Waals surface area (Å²) >= 11 is 0. The Kier molecular flexibility index (Phi) is 5.79. The molecule has 0 unspecified atom stereocenters. The van der Waals surface area contributed by atoms with Crippen molar-refractivity contribution in [1.82, 2.24) is 25.2 Å². The lowest BCUT2D eigenvalue weighted by Crippen LogP contribution is -2.53. The summed E-state index contributed by atoms with van der Waals surface area (Å²) < 4.78 is 6.92. The molecule has 0 aliphatic carbocycles. The molecule has 1 aliphatic heterocycles. The molecule has 27 heavy (non-hydrogen) atoms. The Morgan fingerprint density at radius 3 is 2.70 bits per heavy atom. The topological polar surface area (TPSA) is 72.3 Å². The molecule has 146 valence electrons. The van der Waals surface area contributed by atoms with Crippen LogP contribution in [0, 0.1) is 6.92 Å². The number of hydrogen-bond acceptors (Lipinski definition) is 5. The molecule has 1 N–H and O–H groups in total. The van der Waals surface area contributed by atoms with E-state index < -0.39 is 0 Å². The SMILES string of the molecule is COc1cccc(-n2nnc(C(=O)NCC(C)(C)N3CCCCC3)c2C)c1. The molecule has 0 spiro atoms. The van der Waals surface area contributed by atoms with Gasteiger partial charge < -0.3 is 10.1 Å². The van der Waals surface area contributed by atoms with Gasteiger partial charge in [-0.25, -0.2) is 4.68 Å².